The lowest BCUT2D eigenvalue weighted by molar-refractivity contribution is -0.117. The third kappa shape index (κ3) is 2.86. The van der Waals surface area contributed by atoms with E-state index in [0.29, 0.717) is 12.5 Å². The second-order valence-corrected chi connectivity index (χ2v) is 5.46. The molecule has 1 N–H and O–H groups in total. The lowest BCUT2D eigenvalue weighted by atomic mass is 10.0. The number of amides is 1. The molecule has 1 atom stereocenters. The third-order valence-corrected chi connectivity index (χ3v) is 3.84. The topological polar surface area (TPSA) is 44.7 Å². The molecule has 1 aliphatic heterocycles. The van der Waals surface area contributed by atoms with Gasteiger partial charge in [-0.1, -0.05) is 48.5 Å². The summed E-state index contributed by atoms with van der Waals surface area (Å²) in [6, 6.07) is 18.4. The van der Waals surface area contributed by atoms with E-state index in [4.69, 9.17) is 0 Å². The van der Waals surface area contributed by atoms with E-state index >= 15 is 0 Å². The van der Waals surface area contributed by atoms with Gasteiger partial charge in [-0.3, -0.25) is 10.1 Å². The molecule has 0 bridgehead atoms. The fourth-order valence-electron chi connectivity index (χ4n) is 2.72. The number of rotatable bonds is 2. The van der Waals surface area contributed by atoms with E-state index < -0.39 is 0 Å². The average molecular weight is 293 g/mol. The molecule has 4 heteroatoms. The summed E-state index contributed by atoms with van der Waals surface area (Å²) in [7, 11) is 0. The van der Waals surface area contributed by atoms with Crippen LogP contribution in [0.4, 0.5) is 5.69 Å². The number of para-hydroxylation sites is 1. The normalized spacial score (nSPS) is 16.7. The van der Waals surface area contributed by atoms with E-state index in [9.17, 15) is 4.79 Å². The van der Waals surface area contributed by atoms with Gasteiger partial charge in [0.2, 0.25) is 11.9 Å². The second-order valence-electron chi connectivity index (χ2n) is 5.46. The van der Waals surface area contributed by atoms with E-state index in [1.807, 2.05) is 36.4 Å². The first kappa shape index (κ1) is 14.3. The van der Waals surface area contributed by atoms with E-state index in [1.54, 1.807) is 0 Å². The van der Waals surface area contributed by atoms with Crippen LogP contribution in [0.2, 0.25) is 0 Å². The minimum Gasteiger partial charge on any atom is -0.331 e. The number of nitrogens with one attached hydrogen (secondary N) is 1. The molecule has 1 heterocycles. The Labute approximate surface area is 130 Å². The molecule has 2 aromatic rings. The minimum absolute atomic E-state index is 0.108. The molecule has 2 aromatic carbocycles. The molecule has 0 unspecified atom stereocenters. The van der Waals surface area contributed by atoms with E-state index in [-0.39, 0.29) is 11.9 Å². The second kappa shape index (κ2) is 6.02. The number of carbonyl (C=O) groups is 1. The molecule has 112 valence electrons. The number of hydrogen-bond donors (Lipinski definition) is 1. The number of fused-ring (bicyclic) bond motifs is 1. The highest BCUT2D eigenvalue weighted by Gasteiger charge is 2.27. The van der Waals surface area contributed by atoms with Crippen molar-refractivity contribution in [3.05, 3.63) is 65.7 Å². The zero-order chi connectivity index (χ0) is 15.5. The van der Waals surface area contributed by atoms with Crippen molar-refractivity contribution in [1.82, 2.24) is 10.2 Å². The van der Waals surface area contributed by atoms with Crippen LogP contribution < -0.4 is 5.32 Å². The van der Waals surface area contributed by atoms with Crippen LogP contribution in [-0.2, 0) is 11.3 Å². The molecule has 0 radical (unpaired) electrons. The van der Waals surface area contributed by atoms with Gasteiger partial charge in [0.25, 0.3) is 0 Å². The molecule has 0 spiro atoms. The van der Waals surface area contributed by atoms with Crippen molar-refractivity contribution in [3.8, 4) is 0 Å². The molecule has 1 aliphatic rings. The van der Waals surface area contributed by atoms with Gasteiger partial charge in [-0.05, 0) is 18.6 Å². The summed E-state index contributed by atoms with van der Waals surface area (Å²) in [4.78, 5) is 18.3. The smallest absolute Gasteiger partial charge is 0.223 e. The maximum atomic E-state index is 11.5. The van der Waals surface area contributed by atoms with Gasteiger partial charge in [0.05, 0.1) is 11.7 Å². The highest BCUT2D eigenvalue weighted by atomic mass is 16.1. The van der Waals surface area contributed by atoms with Crippen LogP contribution in [0.3, 0.4) is 0 Å². The van der Waals surface area contributed by atoms with Crippen molar-refractivity contribution < 1.29 is 4.79 Å². The van der Waals surface area contributed by atoms with Crippen LogP contribution in [-0.4, -0.2) is 16.8 Å². The van der Waals surface area contributed by atoms with Crippen LogP contribution in [0, 0.1) is 0 Å². The van der Waals surface area contributed by atoms with Gasteiger partial charge in [-0.2, -0.15) is 0 Å². The fourth-order valence-corrected chi connectivity index (χ4v) is 2.72. The van der Waals surface area contributed by atoms with Gasteiger partial charge in [0.1, 0.15) is 0 Å². The molecule has 3 rings (SSSR count). The first-order chi connectivity index (χ1) is 10.6. The lowest BCUT2D eigenvalue weighted by Gasteiger charge is -2.36. The third-order valence-electron chi connectivity index (χ3n) is 3.84. The van der Waals surface area contributed by atoms with Gasteiger partial charge < -0.3 is 4.90 Å². The van der Waals surface area contributed by atoms with Crippen molar-refractivity contribution in [1.29, 1.82) is 0 Å². The summed E-state index contributed by atoms with van der Waals surface area (Å²) in [5, 5.41) is 2.86. The van der Waals surface area contributed by atoms with Gasteiger partial charge in [0.15, 0.2) is 0 Å². The standard InChI is InChI=1S/C18H19N3O/c1-13-16-10-6-7-11-17(16)20-18(19-14(2)22)21(13)12-15-8-4-3-5-9-15/h3-11,13H,12H2,1-2H3,(H,19,20,22)/t13-/m1/s1. The summed E-state index contributed by atoms with van der Waals surface area (Å²) in [6.45, 7) is 4.35. The van der Waals surface area contributed by atoms with Gasteiger partial charge in [-0.25, -0.2) is 4.99 Å². The summed E-state index contributed by atoms with van der Waals surface area (Å²) in [6.07, 6.45) is 0. The number of benzene rings is 2. The molecule has 4 nitrogen and oxygen atoms in total. The maximum absolute atomic E-state index is 11.5. The lowest BCUT2D eigenvalue weighted by Crippen LogP contribution is -2.45. The Morgan fingerprint density at radius 2 is 1.82 bits per heavy atom. The fraction of sp³-hybridized carbons (Fsp3) is 0.222. The Morgan fingerprint density at radius 3 is 2.55 bits per heavy atom. The zero-order valence-electron chi connectivity index (χ0n) is 12.8. The molecule has 0 saturated carbocycles. The molecule has 0 fully saturated rings. The first-order valence-electron chi connectivity index (χ1n) is 7.41. The summed E-state index contributed by atoms with van der Waals surface area (Å²) >= 11 is 0. The predicted molar refractivity (Wildman–Crippen MR) is 87.8 cm³/mol. The van der Waals surface area contributed by atoms with Crippen molar-refractivity contribution in [3.63, 3.8) is 0 Å². The average Bonchev–Trinajstić information content (AvgIpc) is 2.52. The molecule has 1 amide bonds. The monoisotopic (exact) mass is 293 g/mol. The SMILES string of the molecule is CC(=O)NC1=Nc2ccccc2[C@@H](C)N1Cc1ccccc1. The number of aliphatic imine (C=N–C) groups is 1. The van der Waals surface area contributed by atoms with Crippen LogP contribution in [0.1, 0.15) is 31.0 Å². The van der Waals surface area contributed by atoms with Crippen molar-refractivity contribution in [2.24, 2.45) is 4.99 Å². The van der Waals surface area contributed by atoms with Gasteiger partial charge in [-0.15, -0.1) is 0 Å². The quantitative estimate of drug-likeness (QED) is 0.922. The van der Waals surface area contributed by atoms with Crippen LogP contribution in [0.15, 0.2) is 59.6 Å². The Morgan fingerprint density at radius 1 is 1.14 bits per heavy atom. The molecule has 22 heavy (non-hydrogen) atoms. The largest absolute Gasteiger partial charge is 0.331 e. The van der Waals surface area contributed by atoms with Crippen molar-refractivity contribution in [2.75, 3.05) is 0 Å². The van der Waals surface area contributed by atoms with Crippen LogP contribution >= 0.6 is 0 Å². The molecular weight excluding hydrogens is 274 g/mol. The minimum atomic E-state index is -0.108. The van der Waals surface area contributed by atoms with E-state index in [0.717, 1.165) is 5.69 Å². The Kier molecular flexibility index (Phi) is 3.92. The van der Waals surface area contributed by atoms with Gasteiger partial charge >= 0.3 is 0 Å². The highest BCUT2D eigenvalue weighted by molar-refractivity contribution is 5.98. The van der Waals surface area contributed by atoms with Gasteiger partial charge in [0, 0.05) is 19.0 Å². The Bertz CT molecular complexity index is 709. The number of nitrogens with zero attached hydrogens (tertiary/aromatic N) is 2. The van der Waals surface area contributed by atoms with Crippen molar-refractivity contribution in [2.45, 2.75) is 26.4 Å². The maximum Gasteiger partial charge on any atom is 0.223 e. The Balaban J connectivity index is 1.97. The molecule has 0 aliphatic carbocycles. The van der Waals surface area contributed by atoms with Crippen LogP contribution in [0.25, 0.3) is 0 Å². The molecule has 0 aromatic heterocycles. The van der Waals surface area contributed by atoms with Crippen LogP contribution in [0.5, 0.6) is 0 Å². The van der Waals surface area contributed by atoms with E-state index in [2.05, 4.69) is 40.3 Å². The summed E-state index contributed by atoms with van der Waals surface area (Å²) in [5.41, 5.74) is 3.28. The first-order valence-corrected chi connectivity index (χ1v) is 7.41. The predicted octanol–water partition coefficient (Wildman–Crippen LogP) is 3.39. The number of carbonyl (C=O) groups excluding carboxylic acids is 1. The van der Waals surface area contributed by atoms with Crippen molar-refractivity contribution >= 4 is 17.6 Å². The van der Waals surface area contributed by atoms with E-state index in [1.165, 1.54) is 18.1 Å². The summed E-state index contributed by atoms with van der Waals surface area (Å²) < 4.78 is 0. The summed E-state index contributed by atoms with van der Waals surface area (Å²) in [5.74, 6) is 0.506. The molecular formula is C18H19N3O. The zero-order valence-corrected chi connectivity index (χ0v) is 12.8. The Hall–Kier alpha value is -2.62. The number of hydrogen-bond acceptors (Lipinski definition) is 3. The molecule has 0 saturated heterocycles. The highest BCUT2D eigenvalue weighted by Crippen LogP contribution is 2.34. The number of guanidine groups is 1.